The van der Waals surface area contributed by atoms with Gasteiger partial charge in [-0.3, -0.25) is 0 Å². The van der Waals surface area contributed by atoms with E-state index in [0.29, 0.717) is 12.5 Å². The lowest BCUT2D eigenvalue weighted by Gasteiger charge is -2.18. The van der Waals surface area contributed by atoms with E-state index in [1.54, 1.807) is 18.7 Å². The molecule has 0 amide bonds. The molecule has 76 valence electrons. The molecule has 3 heterocycles. The molecule has 0 saturated heterocycles. The zero-order valence-corrected chi connectivity index (χ0v) is 8.06. The van der Waals surface area contributed by atoms with E-state index in [-0.39, 0.29) is 0 Å². The third-order valence-corrected chi connectivity index (χ3v) is 2.36. The van der Waals surface area contributed by atoms with Crippen LogP contribution in [0.3, 0.4) is 0 Å². The summed E-state index contributed by atoms with van der Waals surface area (Å²) in [6.45, 7) is 1.49. The number of pyridine rings is 1. The quantitative estimate of drug-likeness (QED) is 0.769. The Bertz CT molecular complexity index is 465. The molecule has 0 bridgehead atoms. The highest BCUT2D eigenvalue weighted by atomic mass is 16.5. The minimum absolute atomic E-state index is 0.672. The van der Waals surface area contributed by atoms with Crippen LogP contribution in [0, 0.1) is 0 Å². The predicted octanol–water partition coefficient (Wildman–Crippen LogP) is 2.15. The normalized spacial score (nSPS) is 13.9. The topological polar surface area (TPSA) is 47.3 Å². The van der Waals surface area contributed by atoms with Gasteiger partial charge in [0.15, 0.2) is 0 Å². The zero-order chi connectivity index (χ0) is 10.1. The van der Waals surface area contributed by atoms with E-state index in [0.717, 1.165) is 23.4 Å². The molecule has 15 heavy (non-hydrogen) atoms. The highest BCUT2D eigenvalue weighted by Gasteiger charge is 2.12. The van der Waals surface area contributed by atoms with Crippen molar-refractivity contribution < 1.29 is 9.15 Å². The van der Waals surface area contributed by atoms with Crippen LogP contribution >= 0.6 is 0 Å². The van der Waals surface area contributed by atoms with Crippen molar-refractivity contribution in [2.24, 2.45) is 0 Å². The summed E-state index contributed by atoms with van der Waals surface area (Å²) in [5.74, 6) is 0.675. The van der Waals surface area contributed by atoms with E-state index in [1.807, 2.05) is 12.1 Å². The maximum Gasteiger partial charge on any atom is 0.237 e. The Morgan fingerprint density at radius 3 is 3.20 bits per heavy atom. The van der Waals surface area contributed by atoms with E-state index in [9.17, 15) is 0 Å². The molecule has 0 aromatic carbocycles. The van der Waals surface area contributed by atoms with E-state index >= 15 is 0 Å². The minimum atomic E-state index is 0.672. The summed E-state index contributed by atoms with van der Waals surface area (Å²) in [7, 11) is 0. The Morgan fingerprint density at radius 1 is 1.33 bits per heavy atom. The maximum absolute atomic E-state index is 5.40. The lowest BCUT2D eigenvalue weighted by atomic mass is 10.1. The van der Waals surface area contributed by atoms with Crippen molar-refractivity contribution in [3.05, 3.63) is 30.9 Å². The second-order valence-corrected chi connectivity index (χ2v) is 3.36. The van der Waals surface area contributed by atoms with E-state index < -0.39 is 0 Å². The second-order valence-electron chi connectivity index (χ2n) is 3.36. The number of fused-ring (bicyclic) bond motifs is 1. The van der Waals surface area contributed by atoms with Gasteiger partial charge in [-0.05, 0) is 12.1 Å². The van der Waals surface area contributed by atoms with Crippen LogP contribution in [0.1, 0.15) is 0 Å². The molecule has 0 spiro atoms. The van der Waals surface area contributed by atoms with Crippen molar-refractivity contribution in [3.63, 3.8) is 0 Å². The molecule has 0 fully saturated rings. The van der Waals surface area contributed by atoms with Crippen molar-refractivity contribution >= 4 is 5.69 Å². The van der Waals surface area contributed by atoms with Gasteiger partial charge in [-0.1, -0.05) is 0 Å². The Hall–Kier alpha value is -1.97. The van der Waals surface area contributed by atoms with Gasteiger partial charge in [0.05, 0.1) is 18.2 Å². The maximum atomic E-state index is 5.40. The fraction of sp³-hybridized carbons (Fsp3) is 0.182. The first-order valence-electron chi connectivity index (χ1n) is 4.83. The number of hydrogen-bond donors (Lipinski definition) is 1. The average Bonchev–Trinajstić information content (AvgIpc) is 2.82. The largest absolute Gasteiger partial charge is 0.474 e. The smallest absolute Gasteiger partial charge is 0.237 e. The Morgan fingerprint density at radius 2 is 2.33 bits per heavy atom. The number of furan rings is 1. The molecule has 0 saturated carbocycles. The molecular formula is C11H10N2O2. The van der Waals surface area contributed by atoms with Crippen molar-refractivity contribution in [2.45, 2.75) is 0 Å². The van der Waals surface area contributed by atoms with E-state index in [2.05, 4.69) is 10.3 Å². The van der Waals surface area contributed by atoms with Crippen molar-refractivity contribution in [1.29, 1.82) is 0 Å². The summed E-state index contributed by atoms with van der Waals surface area (Å²) < 4.78 is 10.4. The monoisotopic (exact) mass is 202 g/mol. The van der Waals surface area contributed by atoms with Crippen LogP contribution in [0.5, 0.6) is 5.88 Å². The fourth-order valence-corrected chi connectivity index (χ4v) is 1.61. The van der Waals surface area contributed by atoms with Crippen molar-refractivity contribution in [3.8, 4) is 17.0 Å². The van der Waals surface area contributed by atoms with Gasteiger partial charge in [0.2, 0.25) is 5.88 Å². The Kier molecular flexibility index (Phi) is 1.84. The molecule has 0 radical (unpaired) electrons. The van der Waals surface area contributed by atoms with Gasteiger partial charge >= 0.3 is 0 Å². The molecule has 1 N–H and O–H groups in total. The number of ether oxygens (including phenoxy) is 1. The van der Waals surface area contributed by atoms with Crippen LogP contribution in [-0.2, 0) is 0 Å². The Labute approximate surface area is 86.9 Å². The molecule has 3 rings (SSSR count). The molecule has 2 aromatic rings. The van der Waals surface area contributed by atoms with Gasteiger partial charge in [0, 0.05) is 23.9 Å². The predicted molar refractivity (Wildman–Crippen MR) is 55.9 cm³/mol. The lowest BCUT2D eigenvalue weighted by molar-refractivity contribution is 0.310. The number of nitrogens with one attached hydrogen (secondary N) is 1. The summed E-state index contributed by atoms with van der Waals surface area (Å²) >= 11 is 0. The number of hydrogen-bond acceptors (Lipinski definition) is 4. The SMILES string of the molecule is c1cc(-c2cnc3c(c2)NCCO3)co1. The van der Waals surface area contributed by atoms with Gasteiger partial charge in [-0.2, -0.15) is 0 Å². The van der Waals surface area contributed by atoms with Gasteiger partial charge in [-0.25, -0.2) is 4.98 Å². The number of anilines is 1. The van der Waals surface area contributed by atoms with Crippen molar-refractivity contribution in [1.82, 2.24) is 4.98 Å². The van der Waals surface area contributed by atoms with E-state index in [1.165, 1.54) is 0 Å². The first-order chi connectivity index (χ1) is 7.43. The zero-order valence-electron chi connectivity index (χ0n) is 8.06. The van der Waals surface area contributed by atoms with Gasteiger partial charge in [-0.15, -0.1) is 0 Å². The number of rotatable bonds is 1. The molecular weight excluding hydrogens is 192 g/mol. The molecule has 1 aliphatic heterocycles. The third-order valence-electron chi connectivity index (χ3n) is 2.36. The molecule has 4 heteroatoms. The highest BCUT2D eigenvalue weighted by Crippen LogP contribution is 2.29. The Balaban J connectivity index is 2.04. The van der Waals surface area contributed by atoms with Gasteiger partial charge < -0.3 is 14.5 Å². The molecule has 2 aromatic heterocycles. The van der Waals surface area contributed by atoms with Crippen molar-refractivity contribution in [2.75, 3.05) is 18.5 Å². The lowest BCUT2D eigenvalue weighted by Crippen LogP contribution is -2.18. The van der Waals surface area contributed by atoms with Crippen LogP contribution in [0.4, 0.5) is 5.69 Å². The number of aromatic nitrogens is 1. The van der Waals surface area contributed by atoms with Crippen LogP contribution in [0.25, 0.3) is 11.1 Å². The van der Waals surface area contributed by atoms with Crippen LogP contribution in [0.2, 0.25) is 0 Å². The fourth-order valence-electron chi connectivity index (χ4n) is 1.61. The molecule has 0 unspecified atom stereocenters. The van der Waals surface area contributed by atoms with Crippen LogP contribution in [-0.4, -0.2) is 18.1 Å². The summed E-state index contributed by atoms with van der Waals surface area (Å²) in [6, 6.07) is 3.93. The summed E-state index contributed by atoms with van der Waals surface area (Å²) in [4.78, 5) is 4.25. The molecule has 0 aliphatic carbocycles. The molecule has 1 aliphatic rings. The van der Waals surface area contributed by atoms with Gasteiger partial charge in [0.25, 0.3) is 0 Å². The number of nitrogens with zero attached hydrogens (tertiary/aromatic N) is 1. The minimum Gasteiger partial charge on any atom is -0.474 e. The standard InChI is InChI=1S/C11H10N2O2/c1-3-14-7-8(1)9-5-10-11(13-6-9)15-4-2-12-10/h1,3,5-7,12H,2,4H2. The summed E-state index contributed by atoms with van der Waals surface area (Å²) in [6.07, 6.45) is 5.14. The summed E-state index contributed by atoms with van der Waals surface area (Å²) in [5, 5.41) is 3.25. The van der Waals surface area contributed by atoms with Crippen LogP contribution < -0.4 is 10.1 Å². The summed E-state index contributed by atoms with van der Waals surface area (Å²) in [5.41, 5.74) is 3.00. The van der Waals surface area contributed by atoms with Crippen LogP contribution in [0.15, 0.2) is 35.3 Å². The first kappa shape index (κ1) is 8.35. The first-order valence-corrected chi connectivity index (χ1v) is 4.83. The average molecular weight is 202 g/mol. The second kappa shape index (κ2) is 3.31. The molecule has 0 atom stereocenters. The van der Waals surface area contributed by atoms with Gasteiger partial charge in [0.1, 0.15) is 6.61 Å². The van der Waals surface area contributed by atoms with E-state index in [4.69, 9.17) is 9.15 Å². The molecule has 4 nitrogen and oxygen atoms in total. The highest BCUT2D eigenvalue weighted by molar-refractivity contribution is 5.69. The third kappa shape index (κ3) is 1.44.